The molecule has 1 aliphatic heterocycles. The van der Waals surface area contributed by atoms with Gasteiger partial charge in [0.2, 0.25) is 5.91 Å². The second-order valence-electron chi connectivity index (χ2n) is 6.52. The van der Waals surface area contributed by atoms with Gasteiger partial charge in [0.1, 0.15) is 0 Å². The number of halogens is 1. The predicted octanol–water partition coefficient (Wildman–Crippen LogP) is 2.80. The van der Waals surface area contributed by atoms with Crippen LogP contribution >= 0.6 is 11.6 Å². The molecule has 0 saturated carbocycles. The first-order chi connectivity index (χ1) is 12.1. The molecule has 0 atom stereocenters. The lowest BCUT2D eigenvalue weighted by Gasteiger charge is -2.34. The molecule has 0 aromatic heterocycles. The highest BCUT2D eigenvalue weighted by atomic mass is 35.5. The summed E-state index contributed by atoms with van der Waals surface area (Å²) in [6.07, 6.45) is 0.814. The molecule has 4 nitrogen and oxygen atoms in total. The number of carbonyl (C=O) groups is 1. The van der Waals surface area contributed by atoms with Crippen molar-refractivity contribution in [3.63, 3.8) is 0 Å². The number of hydrogen-bond acceptors (Lipinski definition) is 3. The minimum absolute atomic E-state index is 0.412. The molecule has 1 amide bonds. The Labute approximate surface area is 154 Å². The van der Waals surface area contributed by atoms with Gasteiger partial charge in [0.15, 0.2) is 0 Å². The van der Waals surface area contributed by atoms with Crippen molar-refractivity contribution in [3.05, 3.63) is 70.2 Å². The maximum atomic E-state index is 11.6. The summed E-state index contributed by atoms with van der Waals surface area (Å²) in [4.78, 5) is 16.5. The number of benzene rings is 2. The predicted molar refractivity (Wildman–Crippen MR) is 102 cm³/mol. The van der Waals surface area contributed by atoms with E-state index in [1.165, 1.54) is 5.56 Å². The first-order valence-electron chi connectivity index (χ1n) is 8.68. The number of nitrogens with two attached hydrogens (primary N) is 1. The van der Waals surface area contributed by atoms with Gasteiger partial charge < -0.3 is 10.6 Å². The minimum Gasteiger partial charge on any atom is -0.366 e. The van der Waals surface area contributed by atoms with Crippen LogP contribution < -0.4 is 5.73 Å². The second kappa shape index (κ2) is 8.48. The maximum Gasteiger partial charge on any atom is 0.249 e. The van der Waals surface area contributed by atoms with E-state index in [0.29, 0.717) is 10.6 Å². The van der Waals surface area contributed by atoms with Gasteiger partial charge in [0.25, 0.3) is 0 Å². The van der Waals surface area contributed by atoms with Gasteiger partial charge in [-0.3, -0.25) is 9.69 Å². The summed E-state index contributed by atoms with van der Waals surface area (Å²) >= 11 is 5.97. The van der Waals surface area contributed by atoms with Crippen molar-refractivity contribution >= 4 is 17.5 Å². The van der Waals surface area contributed by atoms with Crippen molar-refractivity contribution in [2.75, 3.05) is 32.7 Å². The van der Waals surface area contributed by atoms with Gasteiger partial charge in [0, 0.05) is 49.9 Å². The molecule has 2 N–H and O–H groups in total. The lowest BCUT2D eigenvalue weighted by atomic mass is 10.0. The van der Waals surface area contributed by atoms with Crippen LogP contribution in [0, 0.1) is 0 Å². The van der Waals surface area contributed by atoms with Crippen LogP contribution in [-0.2, 0) is 13.0 Å². The van der Waals surface area contributed by atoms with Crippen molar-refractivity contribution < 1.29 is 4.79 Å². The average Bonchev–Trinajstić information content (AvgIpc) is 2.62. The third-order valence-electron chi connectivity index (χ3n) is 4.75. The smallest absolute Gasteiger partial charge is 0.249 e. The maximum absolute atomic E-state index is 11.6. The van der Waals surface area contributed by atoms with Crippen LogP contribution in [0.1, 0.15) is 21.5 Å². The number of hydrogen-bond donors (Lipinski definition) is 1. The lowest BCUT2D eigenvalue weighted by molar-refractivity contribution is 0.0998. The van der Waals surface area contributed by atoms with E-state index >= 15 is 0 Å². The van der Waals surface area contributed by atoms with Crippen molar-refractivity contribution in [1.82, 2.24) is 9.80 Å². The fourth-order valence-electron chi connectivity index (χ4n) is 3.29. The zero-order valence-electron chi connectivity index (χ0n) is 14.3. The van der Waals surface area contributed by atoms with E-state index in [0.717, 1.165) is 51.3 Å². The Bertz CT molecular complexity index is 712. The number of piperazine rings is 1. The molecule has 1 fully saturated rings. The van der Waals surface area contributed by atoms with Gasteiger partial charge in [0.05, 0.1) is 0 Å². The molecule has 132 valence electrons. The Morgan fingerprint density at radius 2 is 1.68 bits per heavy atom. The number of rotatable bonds is 6. The van der Waals surface area contributed by atoms with E-state index < -0.39 is 5.91 Å². The Kier molecular flexibility index (Phi) is 6.08. The lowest BCUT2D eigenvalue weighted by Crippen LogP contribution is -2.46. The van der Waals surface area contributed by atoms with Crippen LogP contribution in [-0.4, -0.2) is 48.4 Å². The molecule has 0 aliphatic carbocycles. The molecule has 2 aromatic carbocycles. The van der Waals surface area contributed by atoms with E-state index in [2.05, 4.69) is 40.1 Å². The van der Waals surface area contributed by atoms with E-state index in [9.17, 15) is 4.79 Å². The first-order valence-corrected chi connectivity index (χ1v) is 9.06. The number of primary amides is 1. The molecule has 1 heterocycles. The quantitative estimate of drug-likeness (QED) is 0.864. The highest BCUT2D eigenvalue weighted by molar-refractivity contribution is 6.31. The number of carbonyl (C=O) groups excluding carboxylic acids is 1. The zero-order chi connectivity index (χ0) is 17.6. The topological polar surface area (TPSA) is 49.6 Å². The monoisotopic (exact) mass is 357 g/mol. The highest BCUT2D eigenvalue weighted by Gasteiger charge is 2.17. The van der Waals surface area contributed by atoms with Crippen LogP contribution in [0.5, 0.6) is 0 Å². The zero-order valence-corrected chi connectivity index (χ0v) is 15.1. The van der Waals surface area contributed by atoms with Gasteiger partial charge in [-0.2, -0.15) is 0 Å². The highest BCUT2D eigenvalue weighted by Crippen LogP contribution is 2.17. The third-order valence-corrected chi connectivity index (χ3v) is 4.98. The summed E-state index contributed by atoms with van der Waals surface area (Å²) in [6.45, 7) is 6.17. The van der Waals surface area contributed by atoms with E-state index in [-0.39, 0.29) is 0 Å². The van der Waals surface area contributed by atoms with Gasteiger partial charge in [-0.05, 0) is 29.7 Å². The molecule has 0 spiro atoms. The molecular formula is C20H24ClN3O. The van der Waals surface area contributed by atoms with E-state index in [1.807, 2.05) is 12.1 Å². The SMILES string of the molecule is NC(=O)c1cc(Cl)ccc1CCN1CCN(Cc2ccccc2)CC1. The van der Waals surface area contributed by atoms with Crippen LogP contribution in [0.25, 0.3) is 0 Å². The molecule has 0 unspecified atom stereocenters. The van der Waals surface area contributed by atoms with Gasteiger partial charge in [-0.1, -0.05) is 48.0 Å². The average molecular weight is 358 g/mol. The van der Waals surface area contributed by atoms with Gasteiger partial charge in [-0.25, -0.2) is 0 Å². The van der Waals surface area contributed by atoms with Crippen molar-refractivity contribution in [3.8, 4) is 0 Å². The van der Waals surface area contributed by atoms with Crippen molar-refractivity contribution in [2.24, 2.45) is 5.73 Å². The fraction of sp³-hybridized carbons (Fsp3) is 0.350. The molecule has 2 aromatic rings. The molecule has 1 aliphatic rings. The molecule has 1 saturated heterocycles. The summed E-state index contributed by atoms with van der Waals surface area (Å²) in [7, 11) is 0. The molecular weight excluding hydrogens is 334 g/mol. The first kappa shape index (κ1) is 17.9. The summed E-state index contributed by atoms with van der Waals surface area (Å²) in [5, 5.41) is 0.548. The molecule has 5 heteroatoms. The van der Waals surface area contributed by atoms with Crippen molar-refractivity contribution in [2.45, 2.75) is 13.0 Å². The normalized spacial score (nSPS) is 16.0. The third kappa shape index (κ3) is 5.05. The number of amides is 1. The second-order valence-corrected chi connectivity index (χ2v) is 6.96. The van der Waals surface area contributed by atoms with Crippen LogP contribution in [0.3, 0.4) is 0 Å². The van der Waals surface area contributed by atoms with Crippen LogP contribution in [0.4, 0.5) is 0 Å². The standard InChI is InChI=1S/C20H24ClN3O/c21-18-7-6-17(19(14-18)20(22)25)8-9-23-10-12-24(13-11-23)15-16-4-2-1-3-5-16/h1-7,14H,8-13,15H2,(H2,22,25). The Hall–Kier alpha value is -1.88. The van der Waals surface area contributed by atoms with Crippen LogP contribution in [0.2, 0.25) is 5.02 Å². The fourth-order valence-corrected chi connectivity index (χ4v) is 3.46. The van der Waals surface area contributed by atoms with E-state index in [1.54, 1.807) is 6.07 Å². The summed E-state index contributed by atoms with van der Waals surface area (Å²) in [5.41, 5.74) is 8.34. The largest absolute Gasteiger partial charge is 0.366 e. The summed E-state index contributed by atoms with van der Waals surface area (Å²) in [5.74, 6) is -0.412. The van der Waals surface area contributed by atoms with Gasteiger partial charge >= 0.3 is 0 Å². The summed E-state index contributed by atoms with van der Waals surface area (Å²) < 4.78 is 0. The summed E-state index contributed by atoms with van der Waals surface area (Å²) in [6, 6.07) is 16.0. The van der Waals surface area contributed by atoms with E-state index in [4.69, 9.17) is 17.3 Å². The van der Waals surface area contributed by atoms with Crippen LogP contribution in [0.15, 0.2) is 48.5 Å². The van der Waals surface area contributed by atoms with Crippen molar-refractivity contribution in [1.29, 1.82) is 0 Å². The molecule has 0 bridgehead atoms. The Morgan fingerprint density at radius 1 is 1.00 bits per heavy atom. The number of nitrogens with zero attached hydrogens (tertiary/aromatic N) is 2. The molecule has 25 heavy (non-hydrogen) atoms. The van der Waals surface area contributed by atoms with Gasteiger partial charge in [-0.15, -0.1) is 0 Å². The minimum atomic E-state index is -0.412. The Balaban J connectivity index is 1.49. The molecule has 3 rings (SSSR count). The Morgan fingerprint density at radius 3 is 2.36 bits per heavy atom. The molecule has 0 radical (unpaired) electrons.